The molecule has 1 aliphatic carbocycles. The number of halogens is 2. The van der Waals surface area contributed by atoms with Crippen molar-refractivity contribution in [1.82, 2.24) is 19.2 Å². The third-order valence-electron chi connectivity index (χ3n) is 4.98. The van der Waals surface area contributed by atoms with E-state index in [0.29, 0.717) is 28.5 Å². The fourth-order valence-corrected chi connectivity index (χ4v) is 4.05. The van der Waals surface area contributed by atoms with E-state index in [-0.39, 0.29) is 18.0 Å². The number of ether oxygens (including phenoxy) is 1. The molecule has 0 spiro atoms. The van der Waals surface area contributed by atoms with Crippen LogP contribution in [0.2, 0.25) is 0 Å². The van der Waals surface area contributed by atoms with Crippen molar-refractivity contribution in [2.75, 3.05) is 5.32 Å². The summed E-state index contributed by atoms with van der Waals surface area (Å²) in [7, 11) is 0. The number of aromatic nitrogens is 4. The lowest BCUT2D eigenvalue weighted by Gasteiger charge is -2.19. The zero-order valence-corrected chi connectivity index (χ0v) is 18.0. The van der Waals surface area contributed by atoms with Gasteiger partial charge in [0.2, 0.25) is 0 Å². The number of hydrogen-bond acceptors (Lipinski definition) is 5. The second-order valence-corrected chi connectivity index (χ2v) is 9.11. The molecule has 0 saturated heterocycles. The molecule has 1 aromatic carbocycles. The second-order valence-electron chi connectivity index (χ2n) is 8.63. The third-order valence-corrected chi connectivity index (χ3v) is 5.41. The van der Waals surface area contributed by atoms with Gasteiger partial charge in [-0.3, -0.25) is 5.32 Å². The lowest BCUT2D eigenvalue weighted by atomic mass is 9.88. The van der Waals surface area contributed by atoms with Crippen molar-refractivity contribution in [3.8, 4) is 11.5 Å². The average Bonchev–Trinajstić information content (AvgIpc) is 3.20. The Morgan fingerprint density at radius 3 is 2.87 bits per heavy atom. The minimum atomic E-state index is -0.752. The summed E-state index contributed by atoms with van der Waals surface area (Å²) in [4.78, 5) is 19.6. The summed E-state index contributed by atoms with van der Waals surface area (Å²) < 4.78 is 34.4. The van der Waals surface area contributed by atoms with Crippen molar-refractivity contribution < 1.29 is 17.8 Å². The van der Waals surface area contributed by atoms with Gasteiger partial charge in [-0.15, -0.1) is 3.89 Å². The fraction of sp³-hybridized carbons (Fsp3) is 0.450. The second kappa shape index (κ2) is 7.57. The zero-order valence-electron chi connectivity index (χ0n) is 17.2. The van der Waals surface area contributed by atoms with E-state index in [2.05, 4.69) is 27.3 Å². The first-order valence-electron chi connectivity index (χ1n) is 9.74. The molecule has 1 atom stereocenters. The van der Waals surface area contributed by atoms with Crippen molar-refractivity contribution in [3.05, 3.63) is 29.2 Å². The summed E-state index contributed by atoms with van der Waals surface area (Å²) in [6.45, 7) is 7.32. The van der Waals surface area contributed by atoms with Crippen LogP contribution in [0.25, 0.3) is 22.6 Å². The van der Waals surface area contributed by atoms with E-state index >= 15 is 0 Å². The number of imidazole rings is 1. The van der Waals surface area contributed by atoms with Gasteiger partial charge < -0.3 is 9.72 Å². The molecule has 0 aliphatic heterocycles. The molecule has 0 radical (unpaired) electrons. The molecule has 0 fully saturated rings. The molecule has 30 heavy (non-hydrogen) atoms. The largest absolute Gasteiger partial charge is 0.444 e. The molecule has 1 amide bonds. The smallest absolute Gasteiger partial charge is 0.412 e. The number of carbonyl (C=O) groups excluding carboxylic acids is 1. The van der Waals surface area contributed by atoms with Crippen LogP contribution in [0, 0.1) is 11.7 Å². The Labute approximate surface area is 177 Å². The summed E-state index contributed by atoms with van der Waals surface area (Å²) in [5.74, 6) is 0.283. The number of benzene rings is 1. The van der Waals surface area contributed by atoms with Gasteiger partial charge in [0.05, 0.1) is 22.4 Å². The molecule has 0 saturated carbocycles. The molecule has 4 rings (SSSR count). The lowest BCUT2D eigenvalue weighted by molar-refractivity contribution is 0.0635. The van der Waals surface area contributed by atoms with Crippen LogP contribution in [0.4, 0.5) is 18.8 Å². The van der Waals surface area contributed by atoms with E-state index in [9.17, 15) is 13.1 Å². The molecule has 7 nitrogen and oxygen atoms in total. The minimum absolute atomic E-state index is 0.0321. The monoisotopic (exact) mass is 435 g/mol. The number of anilines is 1. The van der Waals surface area contributed by atoms with Gasteiger partial charge in [0.1, 0.15) is 17.1 Å². The fourth-order valence-electron chi connectivity index (χ4n) is 3.66. The molecular weight excluding hydrogens is 412 g/mol. The van der Waals surface area contributed by atoms with Crippen molar-refractivity contribution in [3.63, 3.8) is 0 Å². The maximum absolute atomic E-state index is 14.5. The van der Waals surface area contributed by atoms with E-state index < -0.39 is 17.5 Å². The molecular formula is C20H23F2N5O2S. The Morgan fingerprint density at radius 2 is 2.17 bits per heavy atom. The number of nitrogens with zero attached hydrogens (tertiary/aromatic N) is 3. The first-order valence-corrected chi connectivity index (χ1v) is 10.4. The highest BCUT2D eigenvalue weighted by atomic mass is 32.2. The molecule has 3 aromatic rings. The van der Waals surface area contributed by atoms with Crippen LogP contribution in [-0.2, 0) is 17.6 Å². The SMILES string of the molecule is CC1CCc2c(c(-c3nc4cc(NC(=O)OC(C)(C)C)c(F)cc4[nH]3)nn2SF)C1. The normalized spacial score (nSPS) is 16.5. The van der Waals surface area contributed by atoms with E-state index in [0.717, 1.165) is 30.5 Å². The lowest BCUT2D eigenvalue weighted by Crippen LogP contribution is -2.27. The number of H-pyrrole nitrogens is 1. The van der Waals surface area contributed by atoms with Crippen LogP contribution in [0.1, 0.15) is 45.4 Å². The topological polar surface area (TPSA) is 84.8 Å². The maximum Gasteiger partial charge on any atom is 0.412 e. The van der Waals surface area contributed by atoms with Gasteiger partial charge in [0.15, 0.2) is 18.2 Å². The van der Waals surface area contributed by atoms with Gasteiger partial charge >= 0.3 is 6.09 Å². The number of aromatic amines is 1. The highest BCUT2D eigenvalue weighted by molar-refractivity contribution is 7.92. The Bertz CT molecular complexity index is 1120. The highest BCUT2D eigenvalue weighted by Gasteiger charge is 2.27. The van der Waals surface area contributed by atoms with Gasteiger partial charge in [-0.25, -0.2) is 14.2 Å². The van der Waals surface area contributed by atoms with Gasteiger partial charge in [0, 0.05) is 11.6 Å². The first kappa shape index (κ1) is 20.6. The quantitative estimate of drug-likeness (QED) is 0.574. The van der Waals surface area contributed by atoms with Crippen LogP contribution in [0.5, 0.6) is 0 Å². The maximum atomic E-state index is 14.5. The van der Waals surface area contributed by atoms with Crippen LogP contribution in [-0.4, -0.2) is 30.8 Å². The number of carbonyl (C=O) groups is 1. The molecule has 10 heteroatoms. The Balaban J connectivity index is 1.70. The standard InChI is InChI=1S/C20H23F2N5O2S/c1-10-5-6-16-11(7-10)17(26-27(16)30-22)18-23-14-8-12(21)13(9-15(14)24-18)25-19(28)29-20(2,3)4/h8-10H,5-7H2,1-4H3,(H,23,24)(H,25,28). The molecule has 1 unspecified atom stereocenters. The number of hydrogen-bond donors (Lipinski definition) is 2. The van der Waals surface area contributed by atoms with Crippen LogP contribution in [0.15, 0.2) is 12.1 Å². The number of amides is 1. The van der Waals surface area contributed by atoms with Gasteiger partial charge in [-0.2, -0.15) is 9.19 Å². The van der Waals surface area contributed by atoms with Crippen molar-refractivity contribution in [1.29, 1.82) is 0 Å². The Morgan fingerprint density at radius 1 is 1.40 bits per heavy atom. The van der Waals surface area contributed by atoms with Crippen molar-refractivity contribution in [2.24, 2.45) is 5.92 Å². The predicted molar refractivity (Wildman–Crippen MR) is 112 cm³/mol. The van der Waals surface area contributed by atoms with Gasteiger partial charge in [0.25, 0.3) is 0 Å². The average molecular weight is 436 g/mol. The summed E-state index contributed by atoms with van der Waals surface area (Å²) >= 11 is 0.0657. The molecule has 1 aliphatic rings. The minimum Gasteiger partial charge on any atom is -0.444 e. The molecule has 2 N–H and O–H groups in total. The van der Waals surface area contributed by atoms with E-state index in [1.807, 2.05) is 0 Å². The molecule has 0 bridgehead atoms. The predicted octanol–water partition coefficient (Wildman–Crippen LogP) is 5.42. The van der Waals surface area contributed by atoms with Crippen molar-refractivity contribution in [2.45, 2.75) is 52.6 Å². The van der Waals surface area contributed by atoms with Crippen LogP contribution in [0.3, 0.4) is 0 Å². The summed E-state index contributed by atoms with van der Waals surface area (Å²) in [6, 6.07) is 2.69. The summed E-state index contributed by atoms with van der Waals surface area (Å²) in [5.41, 5.74) is 2.57. The van der Waals surface area contributed by atoms with E-state index in [1.54, 1.807) is 20.8 Å². The molecule has 2 aromatic heterocycles. The van der Waals surface area contributed by atoms with E-state index in [1.165, 1.54) is 16.2 Å². The Kier molecular flexibility index (Phi) is 5.21. The Hall–Kier alpha value is -2.62. The number of fused-ring (bicyclic) bond motifs is 2. The zero-order chi connectivity index (χ0) is 21.6. The third kappa shape index (κ3) is 4.00. The first-order chi connectivity index (χ1) is 14.1. The molecule has 160 valence electrons. The summed E-state index contributed by atoms with van der Waals surface area (Å²) in [6.07, 6.45) is 1.75. The number of nitrogens with one attached hydrogen (secondary N) is 2. The van der Waals surface area contributed by atoms with Crippen molar-refractivity contribution >= 4 is 35.1 Å². The van der Waals surface area contributed by atoms with Crippen LogP contribution < -0.4 is 5.32 Å². The van der Waals surface area contributed by atoms with E-state index in [4.69, 9.17) is 4.74 Å². The highest BCUT2D eigenvalue weighted by Crippen LogP contribution is 2.35. The number of rotatable bonds is 3. The summed E-state index contributed by atoms with van der Waals surface area (Å²) in [5, 5.41) is 6.79. The van der Waals surface area contributed by atoms with Gasteiger partial charge in [-0.05, 0) is 52.0 Å². The van der Waals surface area contributed by atoms with Gasteiger partial charge in [-0.1, -0.05) is 6.92 Å². The molecule has 2 heterocycles. The van der Waals surface area contributed by atoms with Crippen LogP contribution >= 0.6 is 12.3 Å².